The third-order valence-electron chi connectivity index (χ3n) is 4.14. The highest BCUT2D eigenvalue weighted by Crippen LogP contribution is 2.21. The van der Waals surface area contributed by atoms with E-state index in [-0.39, 0.29) is 18.2 Å². The third kappa shape index (κ3) is 5.56. The van der Waals surface area contributed by atoms with Crippen LogP contribution in [0, 0.1) is 5.41 Å². The van der Waals surface area contributed by atoms with Gasteiger partial charge in [0.25, 0.3) is 0 Å². The minimum Gasteiger partial charge on any atom is -0.481 e. The van der Waals surface area contributed by atoms with Crippen molar-refractivity contribution in [1.29, 1.82) is 0 Å². The van der Waals surface area contributed by atoms with Crippen LogP contribution in [0.2, 0.25) is 0 Å². The van der Waals surface area contributed by atoms with Gasteiger partial charge in [-0.05, 0) is 31.5 Å². The third-order valence-corrected chi connectivity index (χ3v) is 4.14. The molecule has 1 aliphatic heterocycles. The minimum atomic E-state index is -1.12. The Balaban J connectivity index is 1.88. The molecule has 0 saturated carbocycles. The summed E-state index contributed by atoms with van der Waals surface area (Å²) in [7, 11) is 0. The molecule has 2 N–H and O–H groups in total. The molecule has 1 aromatic rings. The van der Waals surface area contributed by atoms with Crippen LogP contribution in [0.5, 0.6) is 0 Å². The van der Waals surface area contributed by atoms with Crippen LogP contribution in [-0.4, -0.2) is 54.1 Å². The lowest BCUT2D eigenvalue weighted by molar-refractivity contribution is -0.149. The number of morpholine rings is 1. The number of amides is 2. The fourth-order valence-corrected chi connectivity index (χ4v) is 2.49. The van der Waals surface area contributed by atoms with Crippen molar-refractivity contribution in [1.82, 2.24) is 4.90 Å². The van der Waals surface area contributed by atoms with Gasteiger partial charge >= 0.3 is 5.97 Å². The molecular weight excluding hydrogens is 324 g/mol. The maximum Gasteiger partial charge on any atom is 0.309 e. The molecule has 7 nitrogen and oxygen atoms in total. The number of carboxylic acid groups (broad SMARTS) is 1. The lowest BCUT2D eigenvalue weighted by atomic mass is 9.89. The average molecular weight is 348 g/mol. The Kier molecular flexibility index (Phi) is 6.14. The number of benzene rings is 1. The molecule has 136 valence electrons. The number of nitrogens with zero attached hydrogens (tertiary/aromatic N) is 1. The van der Waals surface area contributed by atoms with Gasteiger partial charge in [0.05, 0.1) is 25.0 Å². The van der Waals surface area contributed by atoms with E-state index < -0.39 is 11.4 Å². The molecule has 1 saturated heterocycles. The lowest BCUT2D eigenvalue weighted by Gasteiger charge is -2.26. The van der Waals surface area contributed by atoms with Gasteiger partial charge < -0.3 is 20.1 Å². The number of ether oxygens (including phenoxy) is 1. The van der Waals surface area contributed by atoms with E-state index in [4.69, 9.17) is 9.84 Å². The molecule has 1 heterocycles. The van der Waals surface area contributed by atoms with Gasteiger partial charge in [0, 0.05) is 25.2 Å². The van der Waals surface area contributed by atoms with Gasteiger partial charge in [0.2, 0.25) is 11.8 Å². The first-order chi connectivity index (χ1) is 11.8. The van der Waals surface area contributed by atoms with Crippen LogP contribution in [0.1, 0.15) is 25.8 Å². The van der Waals surface area contributed by atoms with Crippen molar-refractivity contribution < 1.29 is 24.2 Å². The molecule has 1 aromatic carbocycles. The second kappa shape index (κ2) is 8.11. The molecule has 25 heavy (non-hydrogen) atoms. The number of carbonyl (C=O) groups excluding carboxylic acids is 2. The number of hydrogen-bond donors (Lipinski definition) is 2. The van der Waals surface area contributed by atoms with Crippen LogP contribution < -0.4 is 5.32 Å². The largest absolute Gasteiger partial charge is 0.481 e. The number of anilines is 1. The van der Waals surface area contributed by atoms with Crippen molar-refractivity contribution in [3.05, 3.63) is 29.8 Å². The molecule has 1 aliphatic rings. The molecule has 7 heteroatoms. The van der Waals surface area contributed by atoms with Crippen molar-refractivity contribution in [2.45, 2.75) is 26.7 Å². The number of carboxylic acids is 1. The normalized spacial score (nSPS) is 14.9. The highest BCUT2D eigenvalue weighted by Gasteiger charge is 2.30. The summed E-state index contributed by atoms with van der Waals surface area (Å²) in [5.41, 5.74) is 0.323. The number of nitrogens with one attached hydrogen (secondary N) is 1. The number of rotatable bonds is 6. The molecule has 2 rings (SSSR count). The molecule has 0 aromatic heterocycles. The zero-order valence-electron chi connectivity index (χ0n) is 14.6. The predicted octanol–water partition coefficient (Wildman–Crippen LogP) is 1.53. The van der Waals surface area contributed by atoms with E-state index in [0.29, 0.717) is 38.4 Å². The second-order valence-corrected chi connectivity index (χ2v) is 6.78. The van der Waals surface area contributed by atoms with E-state index in [0.717, 1.165) is 5.56 Å². The highest BCUT2D eigenvalue weighted by atomic mass is 16.5. The van der Waals surface area contributed by atoms with Crippen molar-refractivity contribution in [2.75, 3.05) is 31.6 Å². The molecule has 0 bridgehead atoms. The summed E-state index contributed by atoms with van der Waals surface area (Å²) in [4.78, 5) is 37.0. The first kappa shape index (κ1) is 18.9. The number of aliphatic carboxylic acids is 1. The Hall–Kier alpha value is -2.41. The fraction of sp³-hybridized carbons (Fsp3) is 0.500. The Bertz CT molecular complexity index is 633. The Morgan fingerprint density at radius 2 is 1.76 bits per heavy atom. The van der Waals surface area contributed by atoms with Gasteiger partial charge in [-0.15, -0.1) is 0 Å². The van der Waals surface area contributed by atoms with Gasteiger partial charge in [-0.25, -0.2) is 0 Å². The average Bonchev–Trinajstić information content (AvgIpc) is 2.56. The van der Waals surface area contributed by atoms with Crippen LogP contribution >= 0.6 is 0 Å². The summed E-state index contributed by atoms with van der Waals surface area (Å²) in [5.74, 6) is -1.31. The van der Waals surface area contributed by atoms with Crippen LogP contribution in [0.15, 0.2) is 24.3 Å². The molecule has 0 aliphatic carbocycles. The second-order valence-electron chi connectivity index (χ2n) is 6.78. The van der Waals surface area contributed by atoms with E-state index in [1.807, 2.05) is 0 Å². The molecular formula is C18H24N2O5. The SMILES string of the molecule is CC(C)(CC(=O)Nc1ccc(CC(=O)N2CCOCC2)cc1)C(=O)O. The Morgan fingerprint density at radius 3 is 2.32 bits per heavy atom. The summed E-state index contributed by atoms with van der Waals surface area (Å²) in [6.45, 7) is 5.40. The van der Waals surface area contributed by atoms with Crippen LogP contribution in [0.3, 0.4) is 0 Å². The zero-order valence-corrected chi connectivity index (χ0v) is 14.6. The Morgan fingerprint density at radius 1 is 1.16 bits per heavy atom. The summed E-state index contributed by atoms with van der Waals surface area (Å²) in [6.07, 6.45) is 0.194. The summed E-state index contributed by atoms with van der Waals surface area (Å²) in [5, 5.41) is 11.7. The Labute approximate surface area is 147 Å². The summed E-state index contributed by atoms with van der Waals surface area (Å²) < 4.78 is 5.23. The standard InChI is InChI=1S/C18H24N2O5/c1-18(2,17(23)24)12-15(21)19-14-5-3-13(4-6-14)11-16(22)20-7-9-25-10-8-20/h3-6H,7-12H2,1-2H3,(H,19,21)(H,23,24). The van der Waals surface area contributed by atoms with Gasteiger partial charge in [-0.2, -0.15) is 0 Å². The minimum absolute atomic E-state index is 0.0586. The van der Waals surface area contributed by atoms with Gasteiger partial charge in [-0.1, -0.05) is 12.1 Å². The number of hydrogen-bond acceptors (Lipinski definition) is 4. The van der Waals surface area contributed by atoms with Gasteiger partial charge in [0.15, 0.2) is 0 Å². The van der Waals surface area contributed by atoms with E-state index in [1.54, 1.807) is 29.2 Å². The zero-order chi connectivity index (χ0) is 18.4. The molecule has 0 atom stereocenters. The maximum atomic E-state index is 12.2. The highest BCUT2D eigenvalue weighted by molar-refractivity contribution is 5.94. The van der Waals surface area contributed by atoms with Gasteiger partial charge in [-0.3, -0.25) is 14.4 Å². The summed E-state index contributed by atoms with van der Waals surface area (Å²) in [6, 6.07) is 7.01. The van der Waals surface area contributed by atoms with Crippen molar-refractivity contribution in [3.8, 4) is 0 Å². The maximum absolute atomic E-state index is 12.2. The van der Waals surface area contributed by atoms with Crippen LogP contribution in [0.4, 0.5) is 5.69 Å². The first-order valence-corrected chi connectivity index (χ1v) is 8.25. The van der Waals surface area contributed by atoms with E-state index in [1.165, 1.54) is 13.8 Å². The van der Waals surface area contributed by atoms with E-state index >= 15 is 0 Å². The molecule has 1 fully saturated rings. The van der Waals surface area contributed by atoms with Crippen molar-refractivity contribution in [2.24, 2.45) is 5.41 Å². The molecule has 0 radical (unpaired) electrons. The smallest absolute Gasteiger partial charge is 0.309 e. The lowest BCUT2D eigenvalue weighted by Crippen LogP contribution is -2.41. The molecule has 0 spiro atoms. The first-order valence-electron chi connectivity index (χ1n) is 8.25. The predicted molar refractivity (Wildman–Crippen MR) is 92.2 cm³/mol. The van der Waals surface area contributed by atoms with Crippen molar-refractivity contribution >= 4 is 23.5 Å². The van der Waals surface area contributed by atoms with E-state index in [9.17, 15) is 14.4 Å². The summed E-state index contributed by atoms with van der Waals surface area (Å²) >= 11 is 0. The van der Waals surface area contributed by atoms with Gasteiger partial charge in [0.1, 0.15) is 0 Å². The quantitative estimate of drug-likeness (QED) is 0.813. The van der Waals surface area contributed by atoms with Crippen molar-refractivity contribution in [3.63, 3.8) is 0 Å². The number of carbonyl (C=O) groups is 3. The fourth-order valence-electron chi connectivity index (χ4n) is 2.49. The topological polar surface area (TPSA) is 95.9 Å². The van der Waals surface area contributed by atoms with E-state index in [2.05, 4.69) is 5.32 Å². The van der Waals surface area contributed by atoms with Crippen LogP contribution in [-0.2, 0) is 25.5 Å². The molecule has 0 unspecified atom stereocenters. The molecule has 2 amide bonds. The monoisotopic (exact) mass is 348 g/mol. The van der Waals surface area contributed by atoms with Crippen LogP contribution in [0.25, 0.3) is 0 Å².